The number of halogens is 1. The molecular formula is C14H19FN2O2S. The molecule has 0 bridgehead atoms. The molecule has 3 atom stereocenters. The summed E-state index contributed by atoms with van der Waals surface area (Å²) in [7, 11) is -3.74. The van der Waals surface area contributed by atoms with Crippen LogP contribution in [0.1, 0.15) is 13.3 Å². The van der Waals surface area contributed by atoms with Crippen LogP contribution in [0.25, 0.3) is 0 Å². The van der Waals surface area contributed by atoms with E-state index >= 15 is 0 Å². The molecule has 0 spiro atoms. The van der Waals surface area contributed by atoms with Crippen molar-refractivity contribution in [2.75, 3.05) is 19.6 Å². The Morgan fingerprint density at radius 3 is 2.80 bits per heavy atom. The molecule has 0 radical (unpaired) electrons. The van der Waals surface area contributed by atoms with Crippen LogP contribution in [0.15, 0.2) is 29.2 Å². The summed E-state index contributed by atoms with van der Waals surface area (Å²) < 4.78 is 40.8. The van der Waals surface area contributed by atoms with Crippen LogP contribution in [0.4, 0.5) is 4.39 Å². The van der Waals surface area contributed by atoms with Crippen LogP contribution in [0.5, 0.6) is 0 Å². The Labute approximate surface area is 119 Å². The van der Waals surface area contributed by atoms with E-state index in [-0.39, 0.29) is 10.9 Å². The molecule has 3 rings (SSSR count). The van der Waals surface area contributed by atoms with E-state index in [2.05, 4.69) is 5.32 Å². The van der Waals surface area contributed by atoms with E-state index in [1.54, 1.807) is 6.07 Å². The molecule has 2 heterocycles. The molecule has 0 aromatic heterocycles. The summed E-state index contributed by atoms with van der Waals surface area (Å²) in [6, 6.07) is 5.60. The van der Waals surface area contributed by atoms with Gasteiger partial charge >= 0.3 is 0 Å². The molecule has 1 aromatic carbocycles. The lowest BCUT2D eigenvalue weighted by Gasteiger charge is -2.26. The summed E-state index contributed by atoms with van der Waals surface area (Å²) in [6.07, 6.45) is 0.760. The Balaban J connectivity index is 1.98. The second-order valence-electron chi connectivity index (χ2n) is 5.56. The van der Waals surface area contributed by atoms with Crippen molar-refractivity contribution < 1.29 is 12.8 Å². The molecule has 0 amide bonds. The van der Waals surface area contributed by atoms with Crippen molar-refractivity contribution in [1.82, 2.24) is 9.62 Å². The average Bonchev–Trinajstić information content (AvgIpc) is 2.98. The molecule has 0 aliphatic carbocycles. The predicted octanol–water partition coefficient (Wildman–Crippen LogP) is 1.44. The van der Waals surface area contributed by atoms with Gasteiger partial charge in [-0.3, -0.25) is 0 Å². The maximum atomic E-state index is 13.8. The number of hydrogen-bond donors (Lipinski definition) is 1. The number of benzene rings is 1. The summed E-state index contributed by atoms with van der Waals surface area (Å²) in [6.45, 7) is 4.19. The Kier molecular flexibility index (Phi) is 3.56. The van der Waals surface area contributed by atoms with Gasteiger partial charge in [-0.05, 0) is 43.5 Å². The number of sulfonamides is 1. The molecule has 110 valence electrons. The fraction of sp³-hybridized carbons (Fsp3) is 0.571. The van der Waals surface area contributed by atoms with Gasteiger partial charge in [0.2, 0.25) is 10.0 Å². The van der Waals surface area contributed by atoms with E-state index < -0.39 is 15.8 Å². The smallest absolute Gasteiger partial charge is 0.246 e. The van der Waals surface area contributed by atoms with Gasteiger partial charge in [0.25, 0.3) is 0 Å². The highest BCUT2D eigenvalue weighted by molar-refractivity contribution is 7.89. The molecule has 2 aliphatic rings. The second kappa shape index (κ2) is 5.09. The molecule has 2 aliphatic heterocycles. The van der Waals surface area contributed by atoms with E-state index in [4.69, 9.17) is 0 Å². The second-order valence-corrected chi connectivity index (χ2v) is 7.42. The molecule has 6 heteroatoms. The monoisotopic (exact) mass is 298 g/mol. The van der Waals surface area contributed by atoms with Crippen LogP contribution < -0.4 is 5.32 Å². The van der Waals surface area contributed by atoms with Gasteiger partial charge in [0.1, 0.15) is 10.7 Å². The summed E-state index contributed by atoms with van der Waals surface area (Å²) in [5, 5.41) is 3.32. The van der Waals surface area contributed by atoms with Gasteiger partial charge in [0.05, 0.1) is 0 Å². The number of rotatable bonds is 3. The van der Waals surface area contributed by atoms with Crippen LogP contribution in [0.2, 0.25) is 0 Å². The quantitative estimate of drug-likeness (QED) is 0.919. The van der Waals surface area contributed by atoms with E-state index in [0.29, 0.717) is 18.4 Å². The maximum Gasteiger partial charge on any atom is 0.246 e. The van der Waals surface area contributed by atoms with Gasteiger partial charge in [0, 0.05) is 12.6 Å². The van der Waals surface area contributed by atoms with Gasteiger partial charge in [-0.2, -0.15) is 4.31 Å². The first kappa shape index (κ1) is 14.0. The normalized spacial score (nSPS) is 30.6. The zero-order valence-electron chi connectivity index (χ0n) is 11.4. The fourth-order valence-electron chi connectivity index (χ4n) is 3.55. The van der Waals surface area contributed by atoms with Crippen molar-refractivity contribution in [3.05, 3.63) is 30.1 Å². The lowest BCUT2D eigenvalue weighted by Crippen LogP contribution is -2.39. The van der Waals surface area contributed by atoms with Gasteiger partial charge in [-0.25, -0.2) is 12.8 Å². The topological polar surface area (TPSA) is 49.4 Å². The molecular weight excluding hydrogens is 279 g/mol. The van der Waals surface area contributed by atoms with Gasteiger partial charge in [-0.15, -0.1) is 0 Å². The maximum absolute atomic E-state index is 13.8. The third-order valence-corrected chi connectivity index (χ3v) is 6.44. The highest BCUT2D eigenvalue weighted by atomic mass is 32.2. The highest BCUT2D eigenvalue weighted by Gasteiger charge is 2.48. The highest BCUT2D eigenvalue weighted by Crippen LogP contribution is 2.38. The van der Waals surface area contributed by atoms with Crippen LogP contribution >= 0.6 is 0 Å². The lowest BCUT2D eigenvalue weighted by molar-refractivity contribution is 0.327. The molecule has 3 unspecified atom stereocenters. The van der Waals surface area contributed by atoms with Crippen molar-refractivity contribution in [2.24, 2.45) is 11.8 Å². The van der Waals surface area contributed by atoms with Gasteiger partial charge < -0.3 is 5.32 Å². The van der Waals surface area contributed by atoms with E-state index in [1.165, 1.54) is 22.5 Å². The summed E-state index contributed by atoms with van der Waals surface area (Å²) >= 11 is 0. The Morgan fingerprint density at radius 1 is 1.35 bits per heavy atom. The fourth-order valence-corrected chi connectivity index (χ4v) is 5.41. The third-order valence-electron chi connectivity index (χ3n) is 4.51. The van der Waals surface area contributed by atoms with Gasteiger partial charge in [0.15, 0.2) is 0 Å². The minimum Gasteiger partial charge on any atom is -0.316 e. The largest absolute Gasteiger partial charge is 0.316 e. The zero-order chi connectivity index (χ0) is 14.3. The van der Waals surface area contributed by atoms with Crippen LogP contribution in [-0.2, 0) is 10.0 Å². The van der Waals surface area contributed by atoms with E-state index in [0.717, 1.165) is 19.5 Å². The van der Waals surface area contributed by atoms with Crippen LogP contribution in [0.3, 0.4) is 0 Å². The summed E-state index contributed by atoms with van der Waals surface area (Å²) in [5.41, 5.74) is 0. The van der Waals surface area contributed by atoms with Crippen molar-refractivity contribution >= 4 is 10.0 Å². The third kappa shape index (κ3) is 2.06. The predicted molar refractivity (Wildman–Crippen MR) is 74.2 cm³/mol. The Morgan fingerprint density at radius 2 is 2.10 bits per heavy atom. The van der Waals surface area contributed by atoms with Crippen molar-refractivity contribution in [3.8, 4) is 0 Å². The minimum absolute atomic E-state index is 0.0281. The molecule has 2 fully saturated rings. The first-order valence-electron chi connectivity index (χ1n) is 7.02. The summed E-state index contributed by atoms with van der Waals surface area (Å²) in [5.74, 6) is 0.0283. The molecule has 4 nitrogen and oxygen atoms in total. The zero-order valence-corrected chi connectivity index (χ0v) is 12.2. The molecule has 20 heavy (non-hydrogen) atoms. The van der Waals surface area contributed by atoms with E-state index in [9.17, 15) is 12.8 Å². The van der Waals surface area contributed by atoms with Crippen LogP contribution in [-0.4, -0.2) is 38.4 Å². The molecule has 1 aromatic rings. The minimum atomic E-state index is -3.74. The average molecular weight is 298 g/mol. The lowest BCUT2D eigenvalue weighted by atomic mass is 9.93. The molecule has 2 saturated heterocycles. The molecule has 0 saturated carbocycles. The van der Waals surface area contributed by atoms with Crippen LogP contribution in [0, 0.1) is 17.7 Å². The first-order valence-corrected chi connectivity index (χ1v) is 8.46. The number of nitrogens with one attached hydrogen (secondary N) is 1. The number of nitrogens with zero attached hydrogens (tertiary/aromatic N) is 1. The standard InChI is InChI=1S/C14H19FN2O2S/c1-2-13-11-8-16-7-10(11)9-17(13)20(18,19)14-6-4-3-5-12(14)15/h3-6,10-11,13,16H,2,7-9H2,1H3. The van der Waals surface area contributed by atoms with Gasteiger partial charge in [-0.1, -0.05) is 19.1 Å². The SMILES string of the molecule is CCC1C2CNCC2CN1S(=O)(=O)c1ccccc1F. The Hall–Kier alpha value is -0.980. The molecule has 1 N–H and O–H groups in total. The number of fused-ring (bicyclic) bond motifs is 1. The van der Waals surface area contributed by atoms with Crippen molar-refractivity contribution in [3.63, 3.8) is 0 Å². The first-order chi connectivity index (χ1) is 9.55. The van der Waals surface area contributed by atoms with Crippen molar-refractivity contribution in [2.45, 2.75) is 24.3 Å². The summed E-state index contributed by atoms with van der Waals surface area (Å²) in [4.78, 5) is -0.202. The van der Waals surface area contributed by atoms with E-state index in [1.807, 2.05) is 6.92 Å². The number of hydrogen-bond acceptors (Lipinski definition) is 3. The van der Waals surface area contributed by atoms with Crippen molar-refractivity contribution in [1.29, 1.82) is 0 Å². The Bertz CT molecular complexity index is 605.